The van der Waals surface area contributed by atoms with Gasteiger partial charge in [0.2, 0.25) is 0 Å². The second-order valence-electron chi connectivity index (χ2n) is 10.4. The number of sulfone groups is 1. The maximum Gasteiger partial charge on any atom is 0.412 e. The summed E-state index contributed by atoms with van der Waals surface area (Å²) in [5, 5.41) is 13.2. The number of rotatable bonds is 8. The van der Waals surface area contributed by atoms with Gasteiger partial charge in [-0.2, -0.15) is 0 Å². The first-order valence-electron chi connectivity index (χ1n) is 12.8. The van der Waals surface area contributed by atoms with Crippen LogP contribution >= 0.6 is 11.3 Å². The van der Waals surface area contributed by atoms with Crippen LogP contribution in [0.3, 0.4) is 0 Å². The Morgan fingerprint density at radius 1 is 1.11 bits per heavy atom. The topological polar surface area (TPSA) is 126 Å². The number of amides is 2. The van der Waals surface area contributed by atoms with Crippen LogP contribution in [-0.2, 0) is 14.6 Å². The average molecular weight is 550 g/mol. The second-order valence-corrected chi connectivity index (χ2v) is 13.6. The van der Waals surface area contributed by atoms with Gasteiger partial charge in [-0.1, -0.05) is 6.07 Å². The lowest BCUT2D eigenvalue weighted by Crippen LogP contribution is -2.38. The second kappa shape index (κ2) is 11.0. The van der Waals surface area contributed by atoms with Crippen molar-refractivity contribution < 1.29 is 27.9 Å². The molecule has 202 valence electrons. The van der Waals surface area contributed by atoms with Gasteiger partial charge in [0.1, 0.15) is 0 Å². The molecule has 1 heterocycles. The maximum atomic E-state index is 13.4. The van der Waals surface area contributed by atoms with Crippen molar-refractivity contribution in [3.05, 3.63) is 29.4 Å². The number of alkyl carbamates (subject to hydrolysis) is 1. The molecule has 37 heavy (non-hydrogen) atoms. The fourth-order valence-electron chi connectivity index (χ4n) is 4.79. The van der Waals surface area contributed by atoms with Gasteiger partial charge in [0.15, 0.2) is 9.84 Å². The van der Waals surface area contributed by atoms with E-state index in [4.69, 9.17) is 4.74 Å². The summed E-state index contributed by atoms with van der Waals surface area (Å²) in [6, 6.07) is 4.61. The highest BCUT2D eigenvalue weighted by atomic mass is 32.2. The molecule has 0 spiro atoms. The molecular formula is C26H35N3O6S2. The molecule has 0 radical (unpaired) electrons. The first-order chi connectivity index (χ1) is 17.5. The van der Waals surface area contributed by atoms with Crippen LogP contribution in [0.1, 0.15) is 77.1 Å². The van der Waals surface area contributed by atoms with E-state index in [2.05, 4.69) is 10.3 Å². The minimum absolute atomic E-state index is 0.0721. The molecule has 0 atom stereocenters. The van der Waals surface area contributed by atoms with E-state index in [1.807, 2.05) is 13.8 Å². The van der Waals surface area contributed by atoms with Crippen molar-refractivity contribution in [2.24, 2.45) is 0 Å². The van der Waals surface area contributed by atoms with Gasteiger partial charge in [0, 0.05) is 35.4 Å². The molecule has 2 N–H and O–H groups in total. The average Bonchev–Trinajstić information content (AvgIpc) is 3.57. The quantitative estimate of drug-likeness (QED) is 0.426. The van der Waals surface area contributed by atoms with Crippen LogP contribution < -0.4 is 10.2 Å². The maximum absolute atomic E-state index is 13.4. The van der Waals surface area contributed by atoms with Crippen molar-refractivity contribution in [1.29, 1.82) is 0 Å². The molecule has 2 aliphatic rings. The Morgan fingerprint density at radius 2 is 1.78 bits per heavy atom. The number of carbonyl (C=O) groups is 2. The van der Waals surface area contributed by atoms with Gasteiger partial charge in [-0.3, -0.25) is 4.90 Å². The zero-order chi connectivity index (χ0) is 26.9. The van der Waals surface area contributed by atoms with Crippen LogP contribution in [0.15, 0.2) is 29.3 Å². The molecule has 0 saturated heterocycles. The normalized spacial score (nSPS) is 20.2. The number of hydrogen-bond donors (Lipinski definition) is 2. The van der Waals surface area contributed by atoms with E-state index in [-0.39, 0.29) is 35.1 Å². The summed E-state index contributed by atoms with van der Waals surface area (Å²) >= 11 is 1.49. The largest absolute Gasteiger partial charge is 0.465 e. The summed E-state index contributed by atoms with van der Waals surface area (Å²) in [7, 11) is -3.59. The third-order valence-corrected chi connectivity index (χ3v) is 10.3. The lowest BCUT2D eigenvalue weighted by molar-refractivity contribution is 0.109. The zero-order valence-corrected chi connectivity index (χ0v) is 23.3. The van der Waals surface area contributed by atoms with Gasteiger partial charge in [-0.15, -0.1) is 11.3 Å². The number of ether oxygens (including phenoxy) is 1. The Bertz CT molecular complexity index is 1240. The highest BCUT2D eigenvalue weighted by molar-refractivity contribution is 7.92. The number of carboxylic acid groups (broad SMARTS) is 1. The molecule has 2 aromatic rings. The van der Waals surface area contributed by atoms with Crippen molar-refractivity contribution in [3.63, 3.8) is 0 Å². The van der Waals surface area contributed by atoms with E-state index >= 15 is 0 Å². The van der Waals surface area contributed by atoms with Gasteiger partial charge in [-0.05, 0) is 78.4 Å². The number of thiazole rings is 1. The Balaban J connectivity index is 1.56. The molecule has 4 rings (SSSR count). The van der Waals surface area contributed by atoms with Crippen molar-refractivity contribution >= 4 is 39.0 Å². The Kier molecular flexibility index (Phi) is 8.13. The zero-order valence-electron chi connectivity index (χ0n) is 21.6. The molecule has 1 aromatic heterocycles. The smallest absolute Gasteiger partial charge is 0.412 e. The lowest BCUT2D eigenvalue weighted by Gasteiger charge is -2.28. The Labute approximate surface area is 222 Å². The van der Waals surface area contributed by atoms with Gasteiger partial charge in [0.05, 0.1) is 26.1 Å². The van der Waals surface area contributed by atoms with Gasteiger partial charge >= 0.3 is 12.2 Å². The minimum Gasteiger partial charge on any atom is -0.465 e. The Hall–Kier alpha value is -2.66. The SMILES string of the molecule is CC(C)OC(=O)NC1CCC(c2ncc(-c3ccc(N(C(=O)O)C(C)C)cc3S(=O)(=O)C3CC3)s2)CC1. The van der Waals surface area contributed by atoms with E-state index in [0.717, 1.165) is 35.6 Å². The summed E-state index contributed by atoms with van der Waals surface area (Å²) < 4.78 is 31.9. The Morgan fingerprint density at radius 3 is 2.35 bits per heavy atom. The molecular weight excluding hydrogens is 514 g/mol. The van der Waals surface area contributed by atoms with Gasteiger partial charge < -0.3 is 15.2 Å². The molecule has 2 amide bonds. The number of carbonyl (C=O) groups excluding carboxylic acids is 1. The molecule has 2 saturated carbocycles. The molecule has 0 bridgehead atoms. The van der Waals surface area contributed by atoms with E-state index in [1.54, 1.807) is 32.2 Å². The van der Waals surface area contributed by atoms with E-state index in [0.29, 0.717) is 24.1 Å². The van der Waals surface area contributed by atoms with E-state index in [9.17, 15) is 23.1 Å². The van der Waals surface area contributed by atoms with Crippen LogP contribution in [0.2, 0.25) is 0 Å². The number of aromatic nitrogens is 1. The van der Waals surface area contributed by atoms with Crippen molar-refractivity contribution in [3.8, 4) is 10.4 Å². The predicted octanol–water partition coefficient (Wildman–Crippen LogP) is 5.80. The summed E-state index contributed by atoms with van der Waals surface area (Å²) in [5.41, 5.74) is 0.914. The fraction of sp³-hybridized carbons (Fsp3) is 0.577. The van der Waals surface area contributed by atoms with Crippen molar-refractivity contribution in [2.75, 3.05) is 4.90 Å². The molecule has 11 heteroatoms. The summed E-state index contributed by atoms with van der Waals surface area (Å²) in [5.74, 6) is 0.240. The molecule has 2 aliphatic carbocycles. The third kappa shape index (κ3) is 6.26. The van der Waals surface area contributed by atoms with E-state index in [1.165, 1.54) is 22.3 Å². The van der Waals surface area contributed by atoms with Crippen LogP contribution in [-0.4, -0.2) is 54.1 Å². The fourth-order valence-corrected chi connectivity index (χ4v) is 7.86. The number of nitrogens with zero attached hydrogens (tertiary/aromatic N) is 2. The predicted molar refractivity (Wildman–Crippen MR) is 143 cm³/mol. The summed E-state index contributed by atoms with van der Waals surface area (Å²) in [4.78, 5) is 30.5. The minimum atomic E-state index is -3.59. The van der Waals surface area contributed by atoms with Crippen molar-refractivity contribution in [2.45, 2.75) is 100 Å². The number of nitrogens with one attached hydrogen (secondary N) is 1. The number of hydrogen-bond acceptors (Lipinski definition) is 7. The van der Waals surface area contributed by atoms with E-state index < -0.39 is 21.2 Å². The molecule has 1 aromatic carbocycles. The highest BCUT2D eigenvalue weighted by Crippen LogP contribution is 2.43. The van der Waals surface area contributed by atoms with Crippen molar-refractivity contribution in [1.82, 2.24) is 10.3 Å². The monoisotopic (exact) mass is 549 g/mol. The first-order valence-corrected chi connectivity index (χ1v) is 15.2. The number of anilines is 1. The van der Waals surface area contributed by atoms with Gasteiger partial charge in [0.25, 0.3) is 0 Å². The summed E-state index contributed by atoms with van der Waals surface area (Å²) in [6.45, 7) is 7.14. The number of benzene rings is 1. The summed E-state index contributed by atoms with van der Waals surface area (Å²) in [6.07, 6.45) is 4.67. The first kappa shape index (κ1) is 27.4. The van der Waals surface area contributed by atoms with Crippen LogP contribution in [0.25, 0.3) is 10.4 Å². The van der Waals surface area contributed by atoms with Crippen LogP contribution in [0.5, 0.6) is 0 Å². The van der Waals surface area contributed by atoms with Crippen LogP contribution in [0.4, 0.5) is 15.3 Å². The standard InChI is InChI=1S/C26H35N3O6S2/c1-15(2)29(26(31)32)19-9-12-21(23(13-19)37(33,34)20-10-11-20)22-14-27-24(36-22)17-5-7-18(8-6-17)28-25(30)35-16(3)4/h9,12-18,20H,5-8,10-11H2,1-4H3,(H,28,30)(H,31,32). The van der Waals surface area contributed by atoms with Gasteiger partial charge in [-0.25, -0.2) is 23.0 Å². The molecule has 0 aliphatic heterocycles. The third-order valence-electron chi connectivity index (χ3n) is 6.77. The molecule has 0 unspecified atom stereocenters. The van der Waals surface area contributed by atoms with Crippen LogP contribution in [0, 0.1) is 0 Å². The highest BCUT2D eigenvalue weighted by Gasteiger charge is 2.39. The molecule has 2 fully saturated rings. The lowest BCUT2D eigenvalue weighted by atomic mass is 9.86. The molecule has 9 nitrogen and oxygen atoms in total.